The predicted molar refractivity (Wildman–Crippen MR) is 87.3 cm³/mol. The summed E-state index contributed by atoms with van der Waals surface area (Å²) in [5, 5.41) is 4.61. The van der Waals surface area contributed by atoms with Gasteiger partial charge in [0, 0.05) is 38.1 Å². The summed E-state index contributed by atoms with van der Waals surface area (Å²) in [5.41, 5.74) is 1.27. The Labute approximate surface area is 137 Å². The molecule has 4 nitrogen and oxygen atoms in total. The van der Waals surface area contributed by atoms with Crippen LogP contribution in [0.3, 0.4) is 0 Å². The fourth-order valence-electron chi connectivity index (χ4n) is 2.37. The SMILES string of the molecule is Brc1cnc(CN2CCNCC2c2cccnc2)s1.Cl. The summed E-state index contributed by atoms with van der Waals surface area (Å²) in [6.45, 7) is 3.94. The van der Waals surface area contributed by atoms with Gasteiger partial charge in [0.15, 0.2) is 0 Å². The Hall–Kier alpha value is -0.530. The topological polar surface area (TPSA) is 41.1 Å². The first-order valence-corrected chi connectivity index (χ1v) is 7.89. The van der Waals surface area contributed by atoms with E-state index in [1.54, 1.807) is 11.3 Å². The summed E-state index contributed by atoms with van der Waals surface area (Å²) in [7, 11) is 0. The van der Waals surface area contributed by atoms with Gasteiger partial charge in [-0.2, -0.15) is 0 Å². The molecular formula is C13H16BrClN4S. The van der Waals surface area contributed by atoms with Crippen molar-refractivity contribution in [2.75, 3.05) is 19.6 Å². The number of aromatic nitrogens is 2. The maximum Gasteiger partial charge on any atom is 0.108 e. The van der Waals surface area contributed by atoms with Crippen molar-refractivity contribution >= 4 is 39.7 Å². The van der Waals surface area contributed by atoms with Gasteiger partial charge in [0.25, 0.3) is 0 Å². The lowest BCUT2D eigenvalue weighted by Gasteiger charge is -2.35. The second-order valence-corrected chi connectivity index (χ2v) is 7.03. The van der Waals surface area contributed by atoms with Crippen LogP contribution in [0.2, 0.25) is 0 Å². The van der Waals surface area contributed by atoms with Gasteiger partial charge in [-0.15, -0.1) is 23.7 Å². The van der Waals surface area contributed by atoms with Gasteiger partial charge in [0.1, 0.15) is 5.01 Å². The lowest BCUT2D eigenvalue weighted by molar-refractivity contribution is 0.153. The van der Waals surface area contributed by atoms with Crippen LogP contribution in [0.4, 0.5) is 0 Å². The first kappa shape index (κ1) is 15.9. The zero-order chi connectivity index (χ0) is 13.1. The van der Waals surface area contributed by atoms with Gasteiger partial charge in [-0.25, -0.2) is 4.98 Å². The second kappa shape index (κ2) is 7.47. The van der Waals surface area contributed by atoms with Crippen LogP contribution in [0.5, 0.6) is 0 Å². The molecule has 1 saturated heterocycles. The number of pyridine rings is 1. The molecule has 2 aromatic heterocycles. The minimum atomic E-state index is 0. The Bertz CT molecular complexity index is 536. The average Bonchev–Trinajstić information content (AvgIpc) is 2.86. The molecule has 1 aliphatic rings. The van der Waals surface area contributed by atoms with Gasteiger partial charge in [-0.3, -0.25) is 9.88 Å². The van der Waals surface area contributed by atoms with E-state index in [1.165, 1.54) is 5.56 Å². The lowest BCUT2D eigenvalue weighted by atomic mass is 10.1. The van der Waals surface area contributed by atoms with Crippen molar-refractivity contribution in [3.63, 3.8) is 0 Å². The molecule has 0 bridgehead atoms. The van der Waals surface area contributed by atoms with E-state index in [0.717, 1.165) is 35.0 Å². The molecule has 1 atom stereocenters. The average molecular weight is 376 g/mol. The van der Waals surface area contributed by atoms with Crippen molar-refractivity contribution in [2.45, 2.75) is 12.6 Å². The van der Waals surface area contributed by atoms with Crippen LogP contribution in [0.15, 0.2) is 34.5 Å². The van der Waals surface area contributed by atoms with Crippen molar-refractivity contribution in [2.24, 2.45) is 0 Å². The van der Waals surface area contributed by atoms with Crippen LogP contribution in [-0.4, -0.2) is 34.5 Å². The molecule has 1 aliphatic heterocycles. The highest BCUT2D eigenvalue weighted by atomic mass is 79.9. The van der Waals surface area contributed by atoms with Crippen LogP contribution in [0.1, 0.15) is 16.6 Å². The zero-order valence-corrected chi connectivity index (χ0v) is 14.0. The maximum atomic E-state index is 4.43. The van der Waals surface area contributed by atoms with Crippen LogP contribution in [0.25, 0.3) is 0 Å². The lowest BCUT2D eigenvalue weighted by Crippen LogP contribution is -2.45. The smallest absolute Gasteiger partial charge is 0.108 e. The molecule has 0 amide bonds. The Morgan fingerprint density at radius 3 is 3.05 bits per heavy atom. The molecule has 20 heavy (non-hydrogen) atoms. The Morgan fingerprint density at radius 1 is 1.45 bits per heavy atom. The number of thiazole rings is 1. The van der Waals surface area contributed by atoms with Crippen LogP contribution < -0.4 is 5.32 Å². The van der Waals surface area contributed by atoms with E-state index in [9.17, 15) is 0 Å². The number of nitrogens with zero attached hydrogens (tertiary/aromatic N) is 3. The normalized spacial score (nSPS) is 19.6. The Morgan fingerprint density at radius 2 is 2.35 bits per heavy atom. The van der Waals surface area contributed by atoms with E-state index in [0.29, 0.717) is 6.04 Å². The minimum Gasteiger partial charge on any atom is -0.314 e. The molecule has 0 aliphatic carbocycles. The standard InChI is InChI=1S/C13H15BrN4S.ClH/c14-12-8-17-13(19-12)9-18-5-4-16-7-11(18)10-2-1-3-15-6-10;/h1-3,6,8,11,16H,4-5,7,9H2;1H. The highest BCUT2D eigenvalue weighted by Crippen LogP contribution is 2.26. The maximum absolute atomic E-state index is 4.43. The highest BCUT2D eigenvalue weighted by Gasteiger charge is 2.24. The van der Waals surface area contributed by atoms with Crippen molar-refractivity contribution in [1.29, 1.82) is 0 Å². The van der Waals surface area contributed by atoms with E-state index >= 15 is 0 Å². The van der Waals surface area contributed by atoms with E-state index in [2.05, 4.69) is 42.2 Å². The fourth-order valence-corrected chi connectivity index (χ4v) is 3.70. The zero-order valence-electron chi connectivity index (χ0n) is 10.8. The summed E-state index contributed by atoms with van der Waals surface area (Å²) in [6, 6.07) is 4.53. The van der Waals surface area contributed by atoms with E-state index < -0.39 is 0 Å². The highest BCUT2D eigenvalue weighted by molar-refractivity contribution is 9.11. The van der Waals surface area contributed by atoms with Gasteiger partial charge in [-0.1, -0.05) is 6.07 Å². The van der Waals surface area contributed by atoms with Gasteiger partial charge < -0.3 is 5.32 Å². The summed E-state index contributed by atoms with van der Waals surface area (Å²) in [6.07, 6.45) is 5.66. The summed E-state index contributed by atoms with van der Waals surface area (Å²) < 4.78 is 1.09. The molecular weight excluding hydrogens is 360 g/mol. The first-order chi connectivity index (χ1) is 9.33. The monoisotopic (exact) mass is 374 g/mol. The molecule has 0 spiro atoms. The molecule has 2 aromatic rings. The number of hydrogen-bond donors (Lipinski definition) is 1. The third-order valence-corrected chi connectivity index (χ3v) is 4.75. The van der Waals surface area contributed by atoms with Crippen LogP contribution in [0, 0.1) is 0 Å². The Balaban J connectivity index is 0.00000147. The van der Waals surface area contributed by atoms with Crippen molar-refractivity contribution < 1.29 is 0 Å². The number of rotatable bonds is 3. The summed E-state index contributed by atoms with van der Waals surface area (Å²) in [5.74, 6) is 0. The number of piperazine rings is 1. The molecule has 1 fully saturated rings. The van der Waals surface area contributed by atoms with Gasteiger partial charge >= 0.3 is 0 Å². The molecule has 0 radical (unpaired) electrons. The minimum absolute atomic E-state index is 0. The molecule has 1 N–H and O–H groups in total. The van der Waals surface area contributed by atoms with Crippen LogP contribution >= 0.6 is 39.7 Å². The van der Waals surface area contributed by atoms with E-state index in [-0.39, 0.29) is 12.4 Å². The summed E-state index contributed by atoms with van der Waals surface area (Å²) >= 11 is 5.18. The second-order valence-electron chi connectivity index (χ2n) is 4.53. The van der Waals surface area contributed by atoms with Crippen molar-refractivity contribution in [3.05, 3.63) is 45.1 Å². The predicted octanol–water partition coefficient (Wildman–Crippen LogP) is 2.87. The van der Waals surface area contributed by atoms with Crippen molar-refractivity contribution in [3.8, 4) is 0 Å². The fraction of sp³-hybridized carbons (Fsp3) is 0.385. The third-order valence-electron chi connectivity index (χ3n) is 3.29. The molecule has 0 aromatic carbocycles. The van der Waals surface area contributed by atoms with Gasteiger partial charge in [-0.05, 0) is 27.6 Å². The molecule has 3 heterocycles. The number of hydrogen-bond acceptors (Lipinski definition) is 5. The number of nitrogens with one attached hydrogen (secondary N) is 1. The van der Waals surface area contributed by atoms with Crippen LogP contribution in [-0.2, 0) is 6.54 Å². The third kappa shape index (κ3) is 3.77. The summed E-state index contributed by atoms with van der Waals surface area (Å²) in [4.78, 5) is 11.1. The quantitative estimate of drug-likeness (QED) is 0.895. The molecule has 108 valence electrons. The molecule has 1 unspecified atom stereocenters. The largest absolute Gasteiger partial charge is 0.314 e. The van der Waals surface area contributed by atoms with Gasteiger partial charge in [0.05, 0.1) is 16.5 Å². The molecule has 3 rings (SSSR count). The van der Waals surface area contributed by atoms with E-state index in [1.807, 2.05) is 24.7 Å². The van der Waals surface area contributed by atoms with E-state index in [4.69, 9.17) is 0 Å². The molecule has 0 saturated carbocycles. The van der Waals surface area contributed by atoms with Crippen molar-refractivity contribution in [1.82, 2.24) is 20.2 Å². The molecule has 7 heteroatoms. The number of halogens is 2. The first-order valence-electron chi connectivity index (χ1n) is 6.28. The Kier molecular flexibility index (Phi) is 5.92. The van der Waals surface area contributed by atoms with Gasteiger partial charge in [0.2, 0.25) is 0 Å².